The van der Waals surface area contributed by atoms with E-state index in [2.05, 4.69) is 15.6 Å². The Morgan fingerprint density at radius 3 is 2.63 bits per heavy atom. The second kappa shape index (κ2) is 6.29. The normalized spacial score (nSPS) is 10.9. The van der Waals surface area contributed by atoms with Gasteiger partial charge in [-0.1, -0.05) is 0 Å². The Morgan fingerprint density at radius 2 is 2.05 bits per heavy atom. The first-order chi connectivity index (χ1) is 8.81. The molecule has 2 amide bonds. The Kier molecular flexibility index (Phi) is 5.00. The zero-order valence-corrected chi connectivity index (χ0v) is 11.5. The van der Waals surface area contributed by atoms with Crippen molar-refractivity contribution in [2.24, 2.45) is 5.73 Å². The molecule has 0 atom stereocenters. The molecule has 6 nitrogen and oxygen atoms in total. The number of amides is 2. The monoisotopic (exact) mass is 264 g/mol. The molecule has 104 valence electrons. The molecule has 4 N–H and O–H groups in total. The molecule has 0 unspecified atom stereocenters. The highest BCUT2D eigenvalue weighted by Crippen LogP contribution is 2.01. The van der Waals surface area contributed by atoms with Crippen LogP contribution in [0.25, 0.3) is 0 Å². The van der Waals surface area contributed by atoms with E-state index in [0.29, 0.717) is 11.3 Å². The minimum Gasteiger partial charge on any atom is -0.350 e. The Balaban J connectivity index is 2.53. The Morgan fingerprint density at radius 1 is 1.37 bits per heavy atom. The van der Waals surface area contributed by atoms with Gasteiger partial charge < -0.3 is 16.4 Å². The molecule has 1 aromatic rings. The van der Waals surface area contributed by atoms with E-state index in [4.69, 9.17) is 5.73 Å². The minimum atomic E-state index is -0.318. The average Bonchev–Trinajstić information content (AvgIpc) is 2.34. The van der Waals surface area contributed by atoms with Crippen molar-refractivity contribution in [3.63, 3.8) is 0 Å². The highest BCUT2D eigenvalue weighted by atomic mass is 16.2. The summed E-state index contributed by atoms with van der Waals surface area (Å²) in [5.74, 6) is -0.546. The summed E-state index contributed by atoms with van der Waals surface area (Å²) >= 11 is 0. The molecule has 0 aliphatic carbocycles. The zero-order valence-electron chi connectivity index (χ0n) is 11.5. The molecule has 0 saturated carbocycles. The summed E-state index contributed by atoms with van der Waals surface area (Å²) in [6.45, 7) is 5.84. The number of rotatable bonds is 4. The SMILES string of the molecule is CC(C)(C)NC(=O)CNC(=O)c1ccnc(CN)c1. The smallest absolute Gasteiger partial charge is 0.251 e. The summed E-state index contributed by atoms with van der Waals surface area (Å²) in [7, 11) is 0. The molecule has 1 aromatic heterocycles. The highest BCUT2D eigenvalue weighted by Gasteiger charge is 2.14. The van der Waals surface area contributed by atoms with Crippen LogP contribution in [0.1, 0.15) is 36.8 Å². The van der Waals surface area contributed by atoms with Crippen molar-refractivity contribution < 1.29 is 9.59 Å². The van der Waals surface area contributed by atoms with Crippen LogP contribution in [0.5, 0.6) is 0 Å². The van der Waals surface area contributed by atoms with Crippen LogP contribution >= 0.6 is 0 Å². The van der Waals surface area contributed by atoms with E-state index in [-0.39, 0.29) is 30.4 Å². The number of aromatic nitrogens is 1. The first kappa shape index (κ1) is 15.1. The van der Waals surface area contributed by atoms with E-state index in [1.807, 2.05) is 20.8 Å². The molecule has 0 aliphatic heterocycles. The number of hydrogen-bond acceptors (Lipinski definition) is 4. The van der Waals surface area contributed by atoms with Gasteiger partial charge in [0.2, 0.25) is 5.91 Å². The third kappa shape index (κ3) is 5.48. The van der Waals surface area contributed by atoms with Gasteiger partial charge in [0, 0.05) is 23.8 Å². The van der Waals surface area contributed by atoms with Crippen molar-refractivity contribution in [3.05, 3.63) is 29.6 Å². The van der Waals surface area contributed by atoms with Gasteiger partial charge in [0.15, 0.2) is 0 Å². The van der Waals surface area contributed by atoms with Crippen LogP contribution in [0, 0.1) is 0 Å². The summed E-state index contributed by atoms with van der Waals surface area (Å²) in [5, 5.41) is 5.32. The average molecular weight is 264 g/mol. The van der Waals surface area contributed by atoms with Gasteiger partial charge in [0.25, 0.3) is 5.91 Å². The van der Waals surface area contributed by atoms with Gasteiger partial charge in [-0.15, -0.1) is 0 Å². The fourth-order valence-electron chi connectivity index (χ4n) is 1.46. The molecule has 0 radical (unpaired) electrons. The lowest BCUT2D eigenvalue weighted by molar-refractivity contribution is -0.121. The molecular weight excluding hydrogens is 244 g/mol. The first-order valence-electron chi connectivity index (χ1n) is 6.06. The molecule has 0 bridgehead atoms. The Hall–Kier alpha value is -1.95. The highest BCUT2D eigenvalue weighted by molar-refractivity contribution is 5.96. The number of carbonyl (C=O) groups excluding carboxylic acids is 2. The van der Waals surface area contributed by atoms with Crippen molar-refractivity contribution in [3.8, 4) is 0 Å². The van der Waals surface area contributed by atoms with E-state index >= 15 is 0 Å². The fraction of sp³-hybridized carbons (Fsp3) is 0.462. The molecule has 0 aliphatic rings. The van der Waals surface area contributed by atoms with Crippen molar-refractivity contribution in [1.82, 2.24) is 15.6 Å². The third-order valence-corrected chi connectivity index (χ3v) is 2.21. The van der Waals surface area contributed by atoms with Crippen LogP contribution in [0.2, 0.25) is 0 Å². The van der Waals surface area contributed by atoms with Gasteiger partial charge in [0.1, 0.15) is 0 Å². The second-order valence-corrected chi connectivity index (χ2v) is 5.22. The minimum absolute atomic E-state index is 0.0591. The summed E-state index contributed by atoms with van der Waals surface area (Å²) in [6.07, 6.45) is 1.52. The molecule has 1 rings (SSSR count). The van der Waals surface area contributed by atoms with Crippen LogP contribution in [0.3, 0.4) is 0 Å². The molecule has 0 fully saturated rings. The predicted molar refractivity (Wildman–Crippen MR) is 72.4 cm³/mol. The molecule has 0 aromatic carbocycles. The van der Waals surface area contributed by atoms with E-state index in [9.17, 15) is 9.59 Å². The standard InChI is InChI=1S/C13H20N4O2/c1-13(2,3)17-11(18)8-16-12(19)9-4-5-15-10(6-9)7-14/h4-6H,7-8,14H2,1-3H3,(H,16,19)(H,17,18). The van der Waals surface area contributed by atoms with Crippen LogP contribution < -0.4 is 16.4 Å². The summed E-state index contributed by atoms with van der Waals surface area (Å²) in [4.78, 5) is 27.4. The van der Waals surface area contributed by atoms with Gasteiger partial charge in [-0.3, -0.25) is 14.6 Å². The van der Waals surface area contributed by atoms with Crippen LogP contribution in [-0.4, -0.2) is 28.9 Å². The van der Waals surface area contributed by atoms with Gasteiger partial charge in [-0.25, -0.2) is 0 Å². The molecular formula is C13H20N4O2. The van der Waals surface area contributed by atoms with Crippen molar-refractivity contribution >= 4 is 11.8 Å². The Labute approximate surface area is 112 Å². The predicted octanol–water partition coefficient (Wildman–Crippen LogP) is 0.185. The van der Waals surface area contributed by atoms with Crippen LogP contribution in [0.15, 0.2) is 18.3 Å². The lowest BCUT2D eigenvalue weighted by Crippen LogP contribution is -2.45. The lowest BCUT2D eigenvalue weighted by Gasteiger charge is -2.20. The topological polar surface area (TPSA) is 97.1 Å². The molecule has 0 saturated heterocycles. The number of nitrogens with zero attached hydrogens (tertiary/aromatic N) is 1. The maximum Gasteiger partial charge on any atom is 0.251 e. The number of nitrogens with two attached hydrogens (primary N) is 1. The molecule has 19 heavy (non-hydrogen) atoms. The van der Waals surface area contributed by atoms with E-state index in [0.717, 1.165) is 0 Å². The largest absolute Gasteiger partial charge is 0.350 e. The van der Waals surface area contributed by atoms with Crippen molar-refractivity contribution in [2.45, 2.75) is 32.9 Å². The molecule has 6 heteroatoms. The maximum atomic E-state index is 11.8. The lowest BCUT2D eigenvalue weighted by atomic mass is 10.1. The van der Waals surface area contributed by atoms with E-state index in [1.165, 1.54) is 6.20 Å². The van der Waals surface area contributed by atoms with Crippen molar-refractivity contribution in [2.75, 3.05) is 6.54 Å². The van der Waals surface area contributed by atoms with Crippen LogP contribution in [-0.2, 0) is 11.3 Å². The van der Waals surface area contributed by atoms with Gasteiger partial charge in [-0.05, 0) is 32.9 Å². The Bertz CT molecular complexity index is 466. The quantitative estimate of drug-likeness (QED) is 0.723. The van der Waals surface area contributed by atoms with Gasteiger partial charge in [0.05, 0.1) is 12.2 Å². The first-order valence-corrected chi connectivity index (χ1v) is 6.06. The van der Waals surface area contributed by atoms with Gasteiger partial charge in [-0.2, -0.15) is 0 Å². The maximum absolute atomic E-state index is 11.8. The van der Waals surface area contributed by atoms with Crippen LogP contribution in [0.4, 0.5) is 0 Å². The van der Waals surface area contributed by atoms with E-state index < -0.39 is 0 Å². The molecule has 1 heterocycles. The number of hydrogen-bond donors (Lipinski definition) is 3. The third-order valence-electron chi connectivity index (χ3n) is 2.21. The van der Waals surface area contributed by atoms with E-state index in [1.54, 1.807) is 12.1 Å². The summed E-state index contributed by atoms with van der Waals surface area (Å²) in [5.41, 5.74) is 6.21. The number of carbonyl (C=O) groups is 2. The molecule has 0 spiro atoms. The summed E-state index contributed by atoms with van der Waals surface area (Å²) < 4.78 is 0. The van der Waals surface area contributed by atoms with Gasteiger partial charge >= 0.3 is 0 Å². The number of nitrogens with one attached hydrogen (secondary N) is 2. The fourth-order valence-corrected chi connectivity index (χ4v) is 1.46. The van der Waals surface area contributed by atoms with Crippen molar-refractivity contribution in [1.29, 1.82) is 0 Å². The second-order valence-electron chi connectivity index (χ2n) is 5.22. The number of pyridine rings is 1. The zero-order chi connectivity index (χ0) is 14.5. The summed E-state index contributed by atoms with van der Waals surface area (Å²) in [6, 6.07) is 3.19.